The zero-order chi connectivity index (χ0) is 9.07. The lowest BCUT2D eigenvalue weighted by Gasteiger charge is -2.29. The Morgan fingerprint density at radius 1 is 1.27 bits per heavy atom. The summed E-state index contributed by atoms with van der Waals surface area (Å²) in [5.74, 6) is 0. The van der Waals surface area contributed by atoms with Crippen LogP contribution in [0.2, 0.25) is 0 Å². The fourth-order valence-corrected chi connectivity index (χ4v) is 1.18. The highest BCUT2D eigenvalue weighted by molar-refractivity contribution is 4.74. The molecular formula is C9H22N2. The van der Waals surface area contributed by atoms with Crippen molar-refractivity contribution in [2.45, 2.75) is 33.2 Å². The monoisotopic (exact) mass is 158 g/mol. The van der Waals surface area contributed by atoms with Crippen LogP contribution in [0.25, 0.3) is 0 Å². The van der Waals surface area contributed by atoms with Crippen LogP contribution in [0.5, 0.6) is 0 Å². The van der Waals surface area contributed by atoms with Gasteiger partial charge < -0.3 is 10.6 Å². The number of hydrogen-bond donors (Lipinski definition) is 1. The Morgan fingerprint density at radius 2 is 1.73 bits per heavy atom. The normalized spacial score (nSPS) is 15.5. The van der Waals surface area contributed by atoms with Crippen molar-refractivity contribution >= 4 is 0 Å². The van der Waals surface area contributed by atoms with Crippen molar-refractivity contribution in [1.29, 1.82) is 0 Å². The molecule has 11 heavy (non-hydrogen) atoms. The zero-order valence-corrected chi connectivity index (χ0v) is 8.52. The summed E-state index contributed by atoms with van der Waals surface area (Å²) in [5.41, 5.74) is 6.02. The lowest BCUT2D eigenvalue weighted by atomic mass is 9.88. The van der Waals surface area contributed by atoms with E-state index in [2.05, 4.69) is 39.8 Å². The largest absolute Gasteiger partial charge is 0.329 e. The van der Waals surface area contributed by atoms with Crippen LogP contribution in [0, 0.1) is 5.41 Å². The molecule has 0 aliphatic rings. The van der Waals surface area contributed by atoms with Crippen molar-refractivity contribution in [3.63, 3.8) is 0 Å². The molecule has 2 N–H and O–H groups in total. The van der Waals surface area contributed by atoms with E-state index in [0.29, 0.717) is 11.5 Å². The van der Waals surface area contributed by atoms with Gasteiger partial charge in [0, 0.05) is 12.6 Å². The van der Waals surface area contributed by atoms with Gasteiger partial charge in [0.1, 0.15) is 0 Å². The Kier molecular flexibility index (Phi) is 4.04. The highest BCUT2D eigenvalue weighted by Crippen LogP contribution is 2.21. The van der Waals surface area contributed by atoms with Crippen LogP contribution >= 0.6 is 0 Å². The van der Waals surface area contributed by atoms with Crippen LogP contribution in [0.4, 0.5) is 0 Å². The van der Waals surface area contributed by atoms with Crippen LogP contribution in [0.1, 0.15) is 27.2 Å². The minimum absolute atomic E-state index is 0.383. The average molecular weight is 158 g/mol. The standard InChI is InChI=1S/C9H22N2/c1-9(2,3)6-8(7-10)11(4)5/h8H,6-7,10H2,1-5H3/t8-/m0/s1. The van der Waals surface area contributed by atoms with Gasteiger partial charge in [-0.3, -0.25) is 0 Å². The Labute approximate surface area is 70.8 Å². The van der Waals surface area contributed by atoms with Crippen LogP contribution < -0.4 is 5.73 Å². The summed E-state index contributed by atoms with van der Waals surface area (Å²) in [6.45, 7) is 7.50. The van der Waals surface area contributed by atoms with Gasteiger partial charge in [0.15, 0.2) is 0 Å². The van der Waals surface area contributed by atoms with Gasteiger partial charge in [-0.05, 0) is 25.9 Å². The smallest absolute Gasteiger partial charge is 0.0217 e. The van der Waals surface area contributed by atoms with E-state index < -0.39 is 0 Å². The molecule has 0 amide bonds. The number of nitrogens with zero attached hydrogens (tertiary/aromatic N) is 1. The van der Waals surface area contributed by atoms with Gasteiger partial charge in [-0.2, -0.15) is 0 Å². The molecule has 0 aliphatic heterocycles. The quantitative estimate of drug-likeness (QED) is 0.671. The maximum absolute atomic E-state index is 5.64. The second-order valence-corrected chi connectivity index (χ2v) is 4.62. The van der Waals surface area contributed by atoms with E-state index >= 15 is 0 Å². The van der Waals surface area contributed by atoms with E-state index in [0.717, 1.165) is 13.0 Å². The molecule has 0 aromatic carbocycles. The SMILES string of the molecule is CN(C)[C@H](CN)CC(C)(C)C. The van der Waals surface area contributed by atoms with E-state index in [1.165, 1.54) is 0 Å². The van der Waals surface area contributed by atoms with Gasteiger partial charge in [0.25, 0.3) is 0 Å². The van der Waals surface area contributed by atoms with Gasteiger partial charge in [0.05, 0.1) is 0 Å². The second kappa shape index (κ2) is 4.07. The predicted molar refractivity (Wildman–Crippen MR) is 50.6 cm³/mol. The Balaban J connectivity index is 3.88. The van der Waals surface area contributed by atoms with Crippen molar-refractivity contribution in [2.75, 3.05) is 20.6 Å². The molecule has 68 valence electrons. The molecule has 0 unspecified atom stereocenters. The predicted octanol–water partition coefficient (Wildman–Crippen LogP) is 1.31. The van der Waals surface area contributed by atoms with E-state index in [4.69, 9.17) is 5.73 Å². The third kappa shape index (κ3) is 5.22. The first kappa shape index (κ1) is 10.9. The van der Waals surface area contributed by atoms with E-state index in [1.54, 1.807) is 0 Å². The molecule has 0 aromatic heterocycles. The maximum atomic E-state index is 5.64. The fraction of sp³-hybridized carbons (Fsp3) is 1.00. The molecule has 0 saturated carbocycles. The lowest BCUT2D eigenvalue weighted by Crippen LogP contribution is -2.38. The molecule has 0 heterocycles. The lowest BCUT2D eigenvalue weighted by molar-refractivity contribution is 0.214. The van der Waals surface area contributed by atoms with Gasteiger partial charge in [0.2, 0.25) is 0 Å². The molecule has 0 saturated heterocycles. The molecular weight excluding hydrogens is 136 g/mol. The van der Waals surface area contributed by atoms with E-state index in [-0.39, 0.29) is 0 Å². The molecule has 0 aromatic rings. The molecule has 0 rings (SSSR count). The van der Waals surface area contributed by atoms with Gasteiger partial charge in [-0.1, -0.05) is 20.8 Å². The highest BCUT2D eigenvalue weighted by atomic mass is 15.1. The summed E-state index contributed by atoms with van der Waals surface area (Å²) < 4.78 is 0. The minimum atomic E-state index is 0.383. The fourth-order valence-electron chi connectivity index (χ4n) is 1.18. The van der Waals surface area contributed by atoms with Crippen molar-refractivity contribution in [3.05, 3.63) is 0 Å². The highest BCUT2D eigenvalue weighted by Gasteiger charge is 2.18. The van der Waals surface area contributed by atoms with Gasteiger partial charge in [-0.25, -0.2) is 0 Å². The topological polar surface area (TPSA) is 29.3 Å². The third-order valence-electron chi connectivity index (χ3n) is 1.85. The van der Waals surface area contributed by atoms with Crippen LogP contribution in [0.3, 0.4) is 0 Å². The van der Waals surface area contributed by atoms with Crippen LogP contribution in [-0.2, 0) is 0 Å². The van der Waals surface area contributed by atoms with Crippen LogP contribution in [0.15, 0.2) is 0 Å². The summed E-state index contributed by atoms with van der Waals surface area (Å²) in [6.07, 6.45) is 1.16. The maximum Gasteiger partial charge on any atom is 0.0217 e. The number of likely N-dealkylation sites (N-methyl/N-ethyl adjacent to an activating group) is 1. The Morgan fingerprint density at radius 3 is 1.82 bits per heavy atom. The third-order valence-corrected chi connectivity index (χ3v) is 1.85. The van der Waals surface area contributed by atoms with Crippen LogP contribution in [-0.4, -0.2) is 31.6 Å². The summed E-state index contributed by atoms with van der Waals surface area (Å²) in [7, 11) is 4.17. The first-order valence-corrected chi connectivity index (χ1v) is 4.23. The van der Waals surface area contributed by atoms with E-state index in [1.807, 2.05) is 0 Å². The van der Waals surface area contributed by atoms with Crippen molar-refractivity contribution in [2.24, 2.45) is 11.1 Å². The first-order chi connectivity index (χ1) is 4.87. The Bertz CT molecular complexity index is 103. The van der Waals surface area contributed by atoms with Gasteiger partial charge in [-0.15, -0.1) is 0 Å². The second-order valence-electron chi connectivity index (χ2n) is 4.62. The molecule has 0 radical (unpaired) electrons. The minimum Gasteiger partial charge on any atom is -0.329 e. The van der Waals surface area contributed by atoms with Crippen molar-refractivity contribution < 1.29 is 0 Å². The van der Waals surface area contributed by atoms with E-state index in [9.17, 15) is 0 Å². The van der Waals surface area contributed by atoms with Crippen molar-refractivity contribution in [1.82, 2.24) is 4.90 Å². The van der Waals surface area contributed by atoms with Crippen molar-refractivity contribution in [3.8, 4) is 0 Å². The molecule has 0 fully saturated rings. The zero-order valence-electron chi connectivity index (χ0n) is 8.52. The molecule has 2 nitrogen and oxygen atoms in total. The molecule has 0 spiro atoms. The number of hydrogen-bond acceptors (Lipinski definition) is 2. The summed E-state index contributed by atoms with van der Waals surface area (Å²) in [4.78, 5) is 2.20. The summed E-state index contributed by atoms with van der Waals surface area (Å²) in [6, 6.07) is 0.523. The summed E-state index contributed by atoms with van der Waals surface area (Å²) >= 11 is 0. The summed E-state index contributed by atoms with van der Waals surface area (Å²) in [5, 5.41) is 0. The number of rotatable bonds is 3. The Hall–Kier alpha value is -0.0800. The molecule has 0 aliphatic carbocycles. The molecule has 0 bridgehead atoms. The van der Waals surface area contributed by atoms with Gasteiger partial charge >= 0.3 is 0 Å². The number of nitrogens with two attached hydrogens (primary N) is 1. The average Bonchev–Trinajstić information content (AvgIpc) is 1.80. The first-order valence-electron chi connectivity index (χ1n) is 4.23. The molecule has 1 atom stereocenters. The molecule has 2 heteroatoms.